The van der Waals surface area contributed by atoms with Gasteiger partial charge in [-0.15, -0.1) is 0 Å². The summed E-state index contributed by atoms with van der Waals surface area (Å²) in [7, 11) is 4.58. The predicted molar refractivity (Wildman–Crippen MR) is 139 cm³/mol. The minimum Gasteiger partial charge on any atom is -0.507 e. The summed E-state index contributed by atoms with van der Waals surface area (Å²) in [5.41, 5.74) is 3.39. The largest absolute Gasteiger partial charge is 0.507 e. The average Bonchev–Trinajstić information content (AvgIpc) is 2.89. The Morgan fingerprint density at radius 3 is 2.22 bits per heavy atom. The van der Waals surface area contributed by atoms with E-state index in [4.69, 9.17) is 14.2 Å². The van der Waals surface area contributed by atoms with Crippen LogP contribution in [0.1, 0.15) is 22.4 Å². The smallest absolute Gasteiger partial charge is 0.270 e. The number of aromatic hydroxyl groups is 1. The van der Waals surface area contributed by atoms with Crippen LogP contribution in [0, 0.1) is 12.7 Å². The molecule has 0 saturated heterocycles. The third-order valence-electron chi connectivity index (χ3n) is 6.21. The second-order valence-electron chi connectivity index (χ2n) is 8.58. The number of benzene rings is 3. The van der Waals surface area contributed by atoms with Crippen molar-refractivity contribution in [3.63, 3.8) is 0 Å². The van der Waals surface area contributed by atoms with Crippen molar-refractivity contribution in [2.45, 2.75) is 26.3 Å². The molecule has 0 atom stereocenters. The molecule has 0 saturated carbocycles. The molecule has 0 radical (unpaired) electrons. The molecule has 0 fully saturated rings. The molecule has 0 aliphatic rings. The van der Waals surface area contributed by atoms with Crippen molar-refractivity contribution in [2.24, 2.45) is 0 Å². The Morgan fingerprint density at radius 2 is 1.59 bits per heavy atom. The molecular formula is C29H29FN2O5. The Hall–Kier alpha value is -4.33. The molecule has 1 aromatic heterocycles. The number of aromatic nitrogens is 2. The van der Waals surface area contributed by atoms with Gasteiger partial charge in [0.2, 0.25) is 5.75 Å². The second kappa shape index (κ2) is 11.2. The normalized spacial score (nSPS) is 10.8. The summed E-state index contributed by atoms with van der Waals surface area (Å²) < 4.78 is 31.5. The van der Waals surface area contributed by atoms with Crippen LogP contribution in [0.5, 0.6) is 23.0 Å². The molecule has 1 heterocycles. The Kier molecular flexibility index (Phi) is 7.77. The molecule has 1 N–H and O–H groups in total. The van der Waals surface area contributed by atoms with Crippen LogP contribution in [0.3, 0.4) is 0 Å². The fraction of sp³-hybridized carbons (Fsp3) is 0.241. The molecule has 7 nitrogen and oxygen atoms in total. The Bertz CT molecular complexity index is 1460. The third kappa shape index (κ3) is 5.43. The maximum atomic E-state index is 13.8. The number of para-hydroxylation sites is 1. The fourth-order valence-electron chi connectivity index (χ4n) is 4.50. The molecule has 0 amide bonds. The van der Waals surface area contributed by atoms with Crippen molar-refractivity contribution in [3.8, 4) is 34.1 Å². The molecule has 0 bridgehead atoms. The number of phenolic OH excluding ortho intramolecular Hbond substituents is 1. The van der Waals surface area contributed by atoms with Crippen molar-refractivity contribution < 1.29 is 23.7 Å². The number of hydrogen-bond acceptors (Lipinski definition) is 6. The van der Waals surface area contributed by atoms with Crippen LogP contribution >= 0.6 is 0 Å². The first-order valence-electron chi connectivity index (χ1n) is 11.8. The second-order valence-corrected chi connectivity index (χ2v) is 8.58. The lowest BCUT2D eigenvalue weighted by molar-refractivity contribution is 0.323. The highest BCUT2D eigenvalue weighted by Crippen LogP contribution is 2.38. The van der Waals surface area contributed by atoms with Gasteiger partial charge >= 0.3 is 0 Å². The van der Waals surface area contributed by atoms with E-state index in [0.717, 1.165) is 11.1 Å². The average molecular weight is 505 g/mol. The van der Waals surface area contributed by atoms with E-state index >= 15 is 0 Å². The van der Waals surface area contributed by atoms with E-state index in [1.807, 2.05) is 6.07 Å². The number of ether oxygens (including phenoxy) is 3. The number of halogens is 1. The zero-order valence-electron chi connectivity index (χ0n) is 21.2. The van der Waals surface area contributed by atoms with Crippen LogP contribution < -0.4 is 19.8 Å². The molecule has 4 rings (SSSR count). The van der Waals surface area contributed by atoms with E-state index in [0.29, 0.717) is 52.5 Å². The van der Waals surface area contributed by atoms with Crippen LogP contribution in [0.15, 0.2) is 65.5 Å². The van der Waals surface area contributed by atoms with E-state index < -0.39 is 0 Å². The summed E-state index contributed by atoms with van der Waals surface area (Å²) >= 11 is 0. The maximum Gasteiger partial charge on any atom is 0.270 e. The van der Waals surface area contributed by atoms with Crippen LogP contribution in [0.2, 0.25) is 0 Å². The van der Waals surface area contributed by atoms with Crippen molar-refractivity contribution in [1.29, 1.82) is 0 Å². The van der Waals surface area contributed by atoms with E-state index in [1.165, 1.54) is 38.1 Å². The van der Waals surface area contributed by atoms with Crippen molar-refractivity contribution in [2.75, 3.05) is 21.3 Å². The molecular weight excluding hydrogens is 475 g/mol. The van der Waals surface area contributed by atoms with Gasteiger partial charge in [0.1, 0.15) is 11.6 Å². The topological polar surface area (TPSA) is 82.8 Å². The van der Waals surface area contributed by atoms with Crippen LogP contribution in [0.4, 0.5) is 4.39 Å². The standard InChI is InChI=1S/C29H29FN2O5/c1-18-27(22-10-5-6-11-24(22)33)23(13-12-19-8-7-9-21(30)14-19)29(34)32(31-18)17-20-15-25(35-2)28(37-4)26(16-20)36-3/h5-11,14-16,33H,12-13,17H2,1-4H3. The summed E-state index contributed by atoms with van der Waals surface area (Å²) in [6.45, 7) is 1.96. The SMILES string of the molecule is COc1cc(Cn2nc(C)c(-c3ccccc3O)c(CCc3cccc(F)c3)c2=O)cc(OC)c1OC. The van der Waals surface area contributed by atoms with E-state index in [-0.39, 0.29) is 23.7 Å². The Morgan fingerprint density at radius 1 is 0.892 bits per heavy atom. The molecule has 3 aromatic carbocycles. The molecule has 0 spiro atoms. The summed E-state index contributed by atoms with van der Waals surface area (Å²) in [5, 5.41) is 15.2. The minimum absolute atomic E-state index is 0.0567. The van der Waals surface area contributed by atoms with Crippen molar-refractivity contribution >= 4 is 0 Å². The van der Waals surface area contributed by atoms with E-state index in [2.05, 4.69) is 5.10 Å². The lowest BCUT2D eigenvalue weighted by atomic mass is 9.94. The molecule has 0 unspecified atom stereocenters. The van der Waals surface area contributed by atoms with Gasteiger partial charge < -0.3 is 19.3 Å². The van der Waals surface area contributed by atoms with Crippen LogP contribution in [-0.2, 0) is 19.4 Å². The van der Waals surface area contributed by atoms with Gasteiger partial charge in [-0.3, -0.25) is 4.79 Å². The van der Waals surface area contributed by atoms with Gasteiger partial charge in [-0.05, 0) is 61.2 Å². The number of hydrogen-bond donors (Lipinski definition) is 1. The van der Waals surface area contributed by atoms with Gasteiger partial charge in [0.25, 0.3) is 5.56 Å². The zero-order chi connectivity index (χ0) is 26.5. The summed E-state index contributed by atoms with van der Waals surface area (Å²) in [5.74, 6) is 1.12. The van der Waals surface area contributed by atoms with Gasteiger partial charge in [-0.2, -0.15) is 5.10 Å². The number of nitrogens with zero attached hydrogens (tertiary/aromatic N) is 2. The zero-order valence-corrected chi connectivity index (χ0v) is 21.2. The first-order chi connectivity index (χ1) is 17.9. The summed E-state index contributed by atoms with van der Waals surface area (Å²) in [4.78, 5) is 13.8. The maximum absolute atomic E-state index is 13.8. The predicted octanol–water partition coefficient (Wildman–Crippen LogP) is 4.92. The highest BCUT2D eigenvalue weighted by atomic mass is 19.1. The summed E-state index contributed by atoms with van der Waals surface area (Å²) in [6, 6.07) is 16.7. The molecule has 0 aliphatic carbocycles. The molecule has 192 valence electrons. The first-order valence-corrected chi connectivity index (χ1v) is 11.8. The van der Waals surface area contributed by atoms with Gasteiger partial charge in [0.15, 0.2) is 11.5 Å². The molecule has 4 aromatic rings. The van der Waals surface area contributed by atoms with Crippen molar-refractivity contribution in [3.05, 3.63) is 99.2 Å². The number of phenols is 1. The van der Waals surface area contributed by atoms with Gasteiger partial charge in [-0.1, -0.05) is 30.3 Å². The highest BCUT2D eigenvalue weighted by molar-refractivity contribution is 5.74. The first kappa shape index (κ1) is 25.8. The van der Waals surface area contributed by atoms with E-state index in [9.17, 15) is 14.3 Å². The quantitative estimate of drug-likeness (QED) is 0.348. The lowest BCUT2D eigenvalue weighted by Crippen LogP contribution is -2.29. The van der Waals surface area contributed by atoms with Crippen LogP contribution in [-0.4, -0.2) is 36.2 Å². The lowest BCUT2D eigenvalue weighted by Gasteiger charge is -2.18. The van der Waals surface area contributed by atoms with Crippen LogP contribution in [0.25, 0.3) is 11.1 Å². The van der Waals surface area contributed by atoms with Gasteiger partial charge in [0, 0.05) is 16.7 Å². The van der Waals surface area contributed by atoms with E-state index in [1.54, 1.807) is 49.4 Å². The number of aryl methyl sites for hydroxylation is 2. The van der Waals surface area contributed by atoms with Crippen molar-refractivity contribution in [1.82, 2.24) is 9.78 Å². The summed E-state index contributed by atoms with van der Waals surface area (Å²) in [6.07, 6.45) is 0.784. The Balaban J connectivity index is 1.82. The highest BCUT2D eigenvalue weighted by Gasteiger charge is 2.20. The third-order valence-corrected chi connectivity index (χ3v) is 6.21. The monoisotopic (exact) mass is 504 g/mol. The molecule has 37 heavy (non-hydrogen) atoms. The van der Waals surface area contributed by atoms with Gasteiger partial charge in [0.05, 0.1) is 33.6 Å². The fourth-order valence-corrected chi connectivity index (χ4v) is 4.50. The number of methoxy groups -OCH3 is 3. The number of rotatable bonds is 9. The molecule has 8 heteroatoms. The van der Waals surface area contributed by atoms with Gasteiger partial charge in [-0.25, -0.2) is 9.07 Å². The minimum atomic E-state index is -0.329. The molecule has 0 aliphatic heterocycles. The Labute approximate surface area is 214 Å².